The molecule has 1 heterocycles. The van der Waals surface area contributed by atoms with Gasteiger partial charge in [-0.05, 0) is 6.42 Å². The van der Waals surface area contributed by atoms with Gasteiger partial charge in [0.05, 0.1) is 25.7 Å². The van der Waals surface area contributed by atoms with Crippen LogP contribution >= 0.6 is 0 Å². The Labute approximate surface area is 111 Å². The zero-order valence-electron chi connectivity index (χ0n) is 10.4. The van der Waals surface area contributed by atoms with Crippen LogP contribution in [0.4, 0.5) is 0 Å². The van der Waals surface area contributed by atoms with Gasteiger partial charge in [-0.3, -0.25) is 0 Å². The van der Waals surface area contributed by atoms with Gasteiger partial charge in [-0.2, -0.15) is 0 Å². The van der Waals surface area contributed by atoms with Gasteiger partial charge >= 0.3 is 11.9 Å². The number of hydrogen-bond donors (Lipinski definition) is 3. The van der Waals surface area contributed by atoms with Crippen molar-refractivity contribution in [3.63, 3.8) is 0 Å². The van der Waals surface area contributed by atoms with E-state index in [2.05, 4.69) is 13.2 Å². The van der Waals surface area contributed by atoms with Crippen molar-refractivity contribution in [1.82, 2.24) is 0 Å². The van der Waals surface area contributed by atoms with Crippen LogP contribution in [0.5, 0.6) is 0 Å². The first-order valence-electron chi connectivity index (χ1n) is 5.59. The van der Waals surface area contributed by atoms with E-state index in [4.69, 9.17) is 24.1 Å². The Balaban J connectivity index is 3.16. The van der Waals surface area contributed by atoms with Crippen molar-refractivity contribution in [1.29, 1.82) is 0 Å². The highest BCUT2D eigenvalue weighted by molar-refractivity contribution is 4.99. The van der Waals surface area contributed by atoms with E-state index in [0.717, 1.165) is 12.5 Å². The molecule has 1 rings (SSSR count). The van der Waals surface area contributed by atoms with E-state index < -0.39 is 24.6 Å². The van der Waals surface area contributed by atoms with Crippen LogP contribution in [0.2, 0.25) is 0 Å². The highest BCUT2D eigenvalue weighted by atomic mass is 16.9. The molecule has 1 aliphatic rings. The molecule has 0 bridgehead atoms. The Morgan fingerprint density at radius 2 is 1.68 bits per heavy atom. The highest BCUT2D eigenvalue weighted by Gasteiger charge is 2.59. The van der Waals surface area contributed by atoms with Crippen molar-refractivity contribution < 1.29 is 34.3 Å². The maximum atomic E-state index is 9.59. The quantitative estimate of drug-likeness (QED) is 0.364. The van der Waals surface area contributed by atoms with Gasteiger partial charge in [0.2, 0.25) is 0 Å². The lowest BCUT2D eigenvalue weighted by atomic mass is 9.83. The summed E-state index contributed by atoms with van der Waals surface area (Å²) in [4.78, 5) is 0. The van der Waals surface area contributed by atoms with Crippen LogP contribution in [-0.4, -0.2) is 41.1 Å². The molecule has 7 heteroatoms. The van der Waals surface area contributed by atoms with Crippen molar-refractivity contribution in [3.05, 3.63) is 37.9 Å². The monoisotopic (exact) mass is 274 g/mol. The molecule has 0 radical (unpaired) electrons. The molecule has 0 atom stereocenters. The third-order valence-corrected chi connectivity index (χ3v) is 2.77. The Kier molecular flexibility index (Phi) is 5.22. The van der Waals surface area contributed by atoms with Crippen LogP contribution in [0.15, 0.2) is 37.9 Å². The number of aliphatic hydroxyl groups is 3. The normalized spacial score (nSPS) is 13.9. The largest absolute Gasteiger partial charge is 0.429 e. The van der Waals surface area contributed by atoms with Gasteiger partial charge in [-0.25, -0.2) is 0 Å². The van der Waals surface area contributed by atoms with E-state index in [9.17, 15) is 10.2 Å². The molecule has 0 aromatic rings. The van der Waals surface area contributed by atoms with Crippen LogP contribution in [-0.2, 0) is 18.9 Å². The van der Waals surface area contributed by atoms with Crippen LogP contribution in [0, 0.1) is 5.41 Å². The van der Waals surface area contributed by atoms with Gasteiger partial charge < -0.3 is 34.3 Å². The summed E-state index contributed by atoms with van der Waals surface area (Å²) in [6, 6.07) is 0. The number of aliphatic hydroxyl groups excluding tert-OH is 3. The SMILES string of the molecule is C=COC(OC=C)(OC1=CO1)C(CO)(CO)CCO. The second-order valence-corrected chi connectivity index (χ2v) is 3.85. The summed E-state index contributed by atoms with van der Waals surface area (Å²) in [5, 5.41) is 28.3. The van der Waals surface area contributed by atoms with Gasteiger partial charge in [0.25, 0.3) is 0 Å². The fraction of sp³-hybridized carbons (Fsp3) is 0.500. The summed E-state index contributed by atoms with van der Waals surface area (Å²) in [7, 11) is 0. The lowest BCUT2D eigenvalue weighted by molar-refractivity contribution is -0.397. The van der Waals surface area contributed by atoms with E-state index in [1.165, 1.54) is 6.26 Å². The maximum Gasteiger partial charge on any atom is 0.429 e. The fourth-order valence-corrected chi connectivity index (χ4v) is 1.63. The Hall–Kier alpha value is -1.70. The molecule has 0 amide bonds. The highest BCUT2D eigenvalue weighted by Crippen LogP contribution is 2.43. The molecule has 0 aliphatic carbocycles. The van der Waals surface area contributed by atoms with E-state index in [1.54, 1.807) is 0 Å². The van der Waals surface area contributed by atoms with Gasteiger partial charge in [-0.1, -0.05) is 13.2 Å². The average molecular weight is 274 g/mol. The molecule has 0 aromatic carbocycles. The van der Waals surface area contributed by atoms with Crippen LogP contribution in [0.3, 0.4) is 0 Å². The van der Waals surface area contributed by atoms with Gasteiger partial charge in [0, 0.05) is 6.61 Å². The fourth-order valence-electron chi connectivity index (χ4n) is 1.63. The first-order valence-corrected chi connectivity index (χ1v) is 5.59. The minimum Gasteiger partial charge on any atom is -0.429 e. The molecule has 0 aromatic heterocycles. The lowest BCUT2D eigenvalue weighted by Crippen LogP contribution is -2.57. The Morgan fingerprint density at radius 3 is 2.00 bits per heavy atom. The third kappa shape index (κ3) is 3.01. The zero-order chi connectivity index (χ0) is 14.4. The molecule has 0 saturated heterocycles. The smallest absolute Gasteiger partial charge is 0.429 e. The molecule has 19 heavy (non-hydrogen) atoms. The topological polar surface area (TPSA) is 101 Å². The molecule has 0 fully saturated rings. The first kappa shape index (κ1) is 15.4. The molecule has 108 valence electrons. The molecule has 0 unspecified atom stereocenters. The molecule has 3 N–H and O–H groups in total. The summed E-state index contributed by atoms with van der Waals surface area (Å²) in [5.41, 5.74) is -1.45. The van der Waals surface area contributed by atoms with Gasteiger partial charge in [0.1, 0.15) is 5.41 Å². The lowest BCUT2D eigenvalue weighted by Gasteiger charge is -2.43. The molecule has 1 aliphatic heterocycles. The van der Waals surface area contributed by atoms with E-state index >= 15 is 0 Å². The molecule has 0 saturated carbocycles. The number of ether oxygens (including phenoxy) is 4. The molecular formula is C12H18O7. The van der Waals surface area contributed by atoms with Crippen molar-refractivity contribution >= 4 is 0 Å². The van der Waals surface area contributed by atoms with E-state index in [-0.39, 0.29) is 19.0 Å². The van der Waals surface area contributed by atoms with Crippen LogP contribution in [0.25, 0.3) is 0 Å². The predicted molar refractivity (Wildman–Crippen MR) is 63.9 cm³/mol. The second kappa shape index (κ2) is 6.46. The number of hydrogen-bond acceptors (Lipinski definition) is 7. The summed E-state index contributed by atoms with van der Waals surface area (Å²) < 4.78 is 20.5. The molecular weight excluding hydrogens is 256 g/mol. The zero-order valence-corrected chi connectivity index (χ0v) is 10.4. The number of rotatable bonds is 11. The van der Waals surface area contributed by atoms with Crippen molar-refractivity contribution in [2.75, 3.05) is 19.8 Å². The third-order valence-electron chi connectivity index (χ3n) is 2.77. The van der Waals surface area contributed by atoms with Gasteiger partial charge in [-0.15, -0.1) is 0 Å². The Morgan fingerprint density at radius 1 is 1.16 bits per heavy atom. The Bertz CT molecular complexity index is 336. The second-order valence-electron chi connectivity index (χ2n) is 3.85. The first-order chi connectivity index (χ1) is 9.13. The molecule has 0 spiro atoms. The van der Waals surface area contributed by atoms with E-state index in [1.807, 2.05) is 0 Å². The maximum absolute atomic E-state index is 9.59. The van der Waals surface area contributed by atoms with Crippen molar-refractivity contribution in [2.45, 2.75) is 12.4 Å². The minimum absolute atomic E-state index is 0.0467. The van der Waals surface area contributed by atoms with Crippen molar-refractivity contribution in [3.8, 4) is 0 Å². The van der Waals surface area contributed by atoms with E-state index in [0.29, 0.717) is 0 Å². The van der Waals surface area contributed by atoms with Crippen LogP contribution in [0.1, 0.15) is 6.42 Å². The predicted octanol–water partition coefficient (Wildman–Crippen LogP) is 0.159. The molecule has 7 nitrogen and oxygen atoms in total. The summed E-state index contributed by atoms with van der Waals surface area (Å²) in [5.74, 6) is -1.83. The van der Waals surface area contributed by atoms with Crippen LogP contribution < -0.4 is 0 Å². The standard InChI is InChI=1S/C12H18O7/c1-3-17-12(18-4-2,19-10-7-16-10)11(8-14,9-15)5-6-13/h3-4,7,13-15H,1-2,5-6,8-9H2. The summed E-state index contributed by atoms with van der Waals surface area (Å²) >= 11 is 0. The van der Waals surface area contributed by atoms with Crippen molar-refractivity contribution in [2.24, 2.45) is 5.41 Å². The van der Waals surface area contributed by atoms with Gasteiger partial charge in [0.15, 0.2) is 6.26 Å². The summed E-state index contributed by atoms with van der Waals surface area (Å²) in [6.07, 6.45) is 3.30. The minimum atomic E-state index is -1.94. The average Bonchev–Trinajstić information content (AvgIpc) is 3.20. The summed E-state index contributed by atoms with van der Waals surface area (Å²) in [6.45, 7) is 5.32.